The number of nitrogens with one attached hydrogen (secondary N) is 2. The lowest BCUT2D eigenvalue weighted by molar-refractivity contribution is 0.204. The number of methoxy groups -OCH3 is 1. The van der Waals surface area contributed by atoms with Crippen LogP contribution in [-0.4, -0.2) is 21.8 Å². The van der Waals surface area contributed by atoms with E-state index in [1.165, 1.54) is 54.1 Å². The Balaban J connectivity index is 1.70. The number of hydrogen-bond donors (Lipinski definition) is 3. The number of nitrogens with zero attached hydrogens (tertiary/aromatic N) is 1. The van der Waals surface area contributed by atoms with Gasteiger partial charge in [-0.15, -0.1) is 0 Å². The van der Waals surface area contributed by atoms with Gasteiger partial charge in [0.2, 0.25) is 0 Å². The highest BCUT2D eigenvalue weighted by Gasteiger charge is 2.15. The number of aromatic nitrogens is 2. The van der Waals surface area contributed by atoms with E-state index in [0.29, 0.717) is 28.1 Å². The number of halogens is 2. The van der Waals surface area contributed by atoms with E-state index >= 15 is 0 Å². The zero-order valence-corrected chi connectivity index (χ0v) is 15.3. The summed E-state index contributed by atoms with van der Waals surface area (Å²) in [5.74, 6) is -0.877. The molecule has 1 unspecified atom stereocenters. The molecule has 0 bridgehead atoms. The Labute approximate surface area is 164 Å². The van der Waals surface area contributed by atoms with Crippen LogP contribution in [0.25, 0.3) is 16.7 Å². The van der Waals surface area contributed by atoms with Crippen LogP contribution in [0.4, 0.5) is 14.5 Å². The molecule has 29 heavy (non-hydrogen) atoms. The Morgan fingerprint density at radius 2 is 1.83 bits per heavy atom. The minimum atomic E-state index is -1.19. The summed E-state index contributed by atoms with van der Waals surface area (Å²) < 4.78 is 33.4. The molecular weight excluding hydrogens is 380 g/mol. The number of rotatable bonds is 5. The van der Waals surface area contributed by atoms with Crippen molar-refractivity contribution in [3.05, 3.63) is 88.3 Å². The highest BCUT2D eigenvalue weighted by Crippen LogP contribution is 2.25. The van der Waals surface area contributed by atoms with Gasteiger partial charge in [0.05, 0.1) is 18.5 Å². The number of H-pyrrole nitrogens is 1. The number of aromatic amines is 1. The molecule has 6 nitrogen and oxygen atoms in total. The molecule has 0 saturated carbocycles. The fourth-order valence-corrected chi connectivity index (χ4v) is 3.12. The average molecular weight is 397 g/mol. The molecule has 8 heteroatoms. The summed E-state index contributed by atoms with van der Waals surface area (Å²) >= 11 is 0. The van der Waals surface area contributed by atoms with E-state index in [2.05, 4.69) is 10.3 Å². The van der Waals surface area contributed by atoms with Gasteiger partial charge in [-0.2, -0.15) is 0 Å². The van der Waals surface area contributed by atoms with Gasteiger partial charge in [0.1, 0.15) is 11.5 Å². The first kappa shape index (κ1) is 18.7. The lowest BCUT2D eigenvalue weighted by Crippen LogP contribution is -2.17. The summed E-state index contributed by atoms with van der Waals surface area (Å²) in [6.07, 6.45) is -1.19. The third kappa shape index (κ3) is 3.57. The molecular formula is C21H17F2N3O3. The van der Waals surface area contributed by atoms with Crippen molar-refractivity contribution in [1.82, 2.24) is 9.55 Å². The minimum Gasteiger partial charge on any atom is -0.494 e. The van der Waals surface area contributed by atoms with Crippen molar-refractivity contribution in [3.63, 3.8) is 0 Å². The van der Waals surface area contributed by atoms with E-state index in [1.54, 1.807) is 18.2 Å². The van der Waals surface area contributed by atoms with Crippen molar-refractivity contribution in [1.29, 1.82) is 0 Å². The Hall–Kier alpha value is -3.65. The average Bonchev–Trinajstić information content (AvgIpc) is 3.13. The molecule has 3 N–H and O–H groups in total. The van der Waals surface area contributed by atoms with Crippen LogP contribution >= 0.6 is 0 Å². The van der Waals surface area contributed by atoms with E-state index in [1.807, 2.05) is 0 Å². The minimum absolute atomic E-state index is 0.0963. The maximum Gasteiger partial charge on any atom is 0.256 e. The Morgan fingerprint density at radius 1 is 1.07 bits per heavy atom. The van der Waals surface area contributed by atoms with Crippen molar-refractivity contribution in [2.75, 3.05) is 12.4 Å². The molecule has 0 aliphatic carbocycles. The van der Waals surface area contributed by atoms with Crippen molar-refractivity contribution in [2.24, 2.45) is 0 Å². The lowest BCUT2D eigenvalue weighted by atomic mass is 10.2. The fraction of sp³-hybridized carbons (Fsp3) is 0.0952. The first-order valence-corrected chi connectivity index (χ1v) is 8.75. The van der Waals surface area contributed by atoms with E-state index in [4.69, 9.17) is 4.74 Å². The molecule has 0 saturated heterocycles. The van der Waals surface area contributed by atoms with Gasteiger partial charge in [-0.05, 0) is 48.5 Å². The first-order valence-electron chi connectivity index (χ1n) is 8.75. The van der Waals surface area contributed by atoms with Crippen LogP contribution < -0.4 is 15.6 Å². The topological polar surface area (TPSA) is 79.3 Å². The van der Waals surface area contributed by atoms with Crippen LogP contribution in [0, 0.1) is 11.6 Å². The second kappa shape index (κ2) is 7.40. The molecule has 4 rings (SSSR count). The van der Waals surface area contributed by atoms with Crippen LogP contribution in [0.3, 0.4) is 0 Å². The summed E-state index contributed by atoms with van der Waals surface area (Å²) in [4.78, 5) is 15.4. The third-order valence-corrected chi connectivity index (χ3v) is 4.53. The number of aliphatic hydroxyl groups excluding tert-OH is 1. The van der Waals surface area contributed by atoms with Gasteiger partial charge in [0.15, 0.2) is 17.8 Å². The molecule has 2 aromatic heterocycles. The molecule has 4 aromatic rings. The molecule has 148 valence electrons. The smallest absolute Gasteiger partial charge is 0.256 e. The monoisotopic (exact) mass is 397 g/mol. The molecule has 0 fully saturated rings. The summed E-state index contributed by atoms with van der Waals surface area (Å²) in [5.41, 5.74) is 1.34. The van der Waals surface area contributed by atoms with Gasteiger partial charge in [-0.1, -0.05) is 0 Å². The van der Waals surface area contributed by atoms with Crippen molar-refractivity contribution in [2.45, 2.75) is 6.23 Å². The maximum absolute atomic E-state index is 13.9. The highest BCUT2D eigenvalue weighted by molar-refractivity contribution is 5.79. The molecule has 2 heterocycles. The van der Waals surface area contributed by atoms with Gasteiger partial charge in [0.25, 0.3) is 5.56 Å². The number of anilines is 1. The number of aliphatic hydroxyl groups is 1. The largest absolute Gasteiger partial charge is 0.494 e. The predicted molar refractivity (Wildman–Crippen MR) is 105 cm³/mol. The maximum atomic E-state index is 13.9. The second-order valence-electron chi connectivity index (χ2n) is 6.41. The molecule has 0 spiro atoms. The van der Waals surface area contributed by atoms with Crippen LogP contribution in [0.2, 0.25) is 0 Å². The number of benzene rings is 2. The molecule has 0 aliphatic rings. The quantitative estimate of drug-likeness (QED) is 0.449. The zero-order chi connectivity index (χ0) is 20.5. The first-order chi connectivity index (χ1) is 14.0. The van der Waals surface area contributed by atoms with Crippen molar-refractivity contribution < 1.29 is 18.6 Å². The van der Waals surface area contributed by atoms with Crippen molar-refractivity contribution >= 4 is 16.7 Å². The Bertz CT molecular complexity index is 1230. The van der Waals surface area contributed by atoms with E-state index in [-0.39, 0.29) is 11.3 Å². The van der Waals surface area contributed by atoms with Gasteiger partial charge in [0, 0.05) is 23.2 Å². The van der Waals surface area contributed by atoms with Gasteiger partial charge >= 0.3 is 0 Å². The SMILES string of the molecule is COc1ccc(NC(O)c2cc3ccc(=O)n(-c4ccc(F)cc4)c3[nH]2)cc1F. The van der Waals surface area contributed by atoms with Gasteiger partial charge in [-0.3, -0.25) is 9.36 Å². The summed E-state index contributed by atoms with van der Waals surface area (Å²) in [7, 11) is 1.37. The zero-order valence-electron chi connectivity index (χ0n) is 15.3. The number of fused-ring (bicyclic) bond motifs is 1. The fourth-order valence-electron chi connectivity index (χ4n) is 3.12. The van der Waals surface area contributed by atoms with E-state index in [0.717, 1.165) is 0 Å². The lowest BCUT2D eigenvalue weighted by Gasteiger charge is -2.13. The summed E-state index contributed by atoms with van der Waals surface area (Å²) in [6, 6.07) is 14.4. The molecule has 1 atom stereocenters. The molecule has 0 aliphatic heterocycles. The predicted octanol–water partition coefficient (Wildman–Crippen LogP) is 3.71. The van der Waals surface area contributed by atoms with Crippen molar-refractivity contribution in [3.8, 4) is 11.4 Å². The Kier molecular flexibility index (Phi) is 4.77. The van der Waals surface area contributed by atoms with Gasteiger partial charge < -0.3 is 20.1 Å². The normalized spacial score (nSPS) is 12.1. The standard InChI is InChI=1S/C21H17F2N3O3/c1-29-18-8-5-14(11-16(18)23)24-21(28)17-10-12-2-9-19(27)26(20(12)25-17)15-6-3-13(22)4-7-15/h2-11,21,24-25,28H,1H3. The van der Waals surface area contributed by atoms with Crippen LogP contribution in [0.5, 0.6) is 5.75 Å². The van der Waals surface area contributed by atoms with E-state index < -0.39 is 17.9 Å². The van der Waals surface area contributed by atoms with Crippen LogP contribution in [-0.2, 0) is 0 Å². The molecule has 0 amide bonds. The summed E-state index contributed by atoms with van der Waals surface area (Å²) in [5, 5.41) is 14.0. The van der Waals surface area contributed by atoms with Gasteiger partial charge in [-0.25, -0.2) is 8.78 Å². The van der Waals surface area contributed by atoms with E-state index in [9.17, 15) is 18.7 Å². The second-order valence-corrected chi connectivity index (χ2v) is 6.41. The number of ether oxygens (including phenoxy) is 1. The number of pyridine rings is 1. The molecule has 2 aromatic carbocycles. The van der Waals surface area contributed by atoms with Crippen LogP contribution in [0.1, 0.15) is 11.9 Å². The molecule has 0 radical (unpaired) electrons. The third-order valence-electron chi connectivity index (χ3n) is 4.53. The number of hydrogen-bond acceptors (Lipinski definition) is 4. The van der Waals surface area contributed by atoms with Crippen LogP contribution in [0.15, 0.2) is 65.5 Å². The summed E-state index contributed by atoms with van der Waals surface area (Å²) in [6.45, 7) is 0. The highest BCUT2D eigenvalue weighted by atomic mass is 19.1. The Morgan fingerprint density at radius 3 is 2.52 bits per heavy atom.